The molecule has 0 fully saturated rings. The van der Waals surface area contributed by atoms with Crippen LogP contribution in [0.15, 0.2) is 0 Å². The highest BCUT2D eigenvalue weighted by Crippen LogP contribution is 2.11. The molecule has 0 aromatic carbocycles. The topological polar surface area (TPSA) is 355 Å². The van der Waals surface area contributed by atoms with E-state index in [1.54, 1.807) is 0 Å². The molecule has 14 N–H and O–H groups in total. The summed E-state index contributed by atoms with van der Waals surface area (Å²) in [5.41, 5.74) is 5.31. The monoisotopic (exact) mass is 844 g/mol. The molecule has 23 heteroatoms. The highest BCUT2D eigenvalue weighted by molar-refractivity contribution is 4.86. The number of hydrogen-bond acceptors (Lipinski definition) is 23. The minimum Gasteiger partial charge on any atom is -0.394 e. The second kappa shape index (κ2) is 38.0. The molecule has 23 nitrogen and oxygen atoms in total. The molecule has 0 bridgehead atoms. The fraction of sp³-hybridized carbons (Fsp3) is 1.00. The molecule has 2 unspecified atom stereocenters. The van der Waals surface area contributed by atoms with Crippen LogP contribution in [0.25, 0.3) is 0 Å². The van der Waals surface area contributed by atoms with Gasteiger partial charge in [-0.05, 0) is 0 Å². The van der Waals surface area contributed by atoms with Gasteiger partial charge in [-0.2, -0.15) is 0 Å². The van der Waals surface area contributed by atoms with Crippen LogP contribution >= 0.6 is 0 Å². The van der Waals surface area contributed by atoms with E-state index in [4.69, 9.17) is 58.6 Å². The maximum Gasteiger partial charge on any atom is 0.111 e. The van der Waals surface area contributed by atoms with E-state index in [1.807, 2.05) is 0 Å². The SMILES string of the molecule is NCCOCCOCC(O)COCCOCCOCC(O)COCCOCCOCCOCCN(C[C@H](O)[C@@H](O)[C@H](O)[C@H](O)CO)C[C@H](O)[C@@H](O)[C@H](O)[C@H](O)CO. The maximum atomic E-state index is 10.4. The normalized spacial score (nSPS) is 17.6. The van der Waals surface area contributed by atoms with E-state index in [2.05, 4.69) is 0 Å². The molecule has 0 aliphatic rings. The van der Waals surface area contributed by atoms with Gasteiger partial charge in [0.15, 0.2) is 0 Å². The quantitative estimate of drug-likeness (QED) is 0.0254. The first-order chi connectivity index (χ1) is 27.4. The molecule has 0 aromatic heterocycles. The van der Waals surface area contributed by atoms with Crippen molar-refractivity contribution in [3.63, 3.8) is 0 Å². The summed E-state index contributed by atoms with van der Waals surface area (Å²) in [7, 11) is 0. The number of aliphatic hydroxyl groups excluding tert-OH is 12. The summed E-state index contributed by atoms with van der Waals surface area (Å²) in [5.74, 6) is 0. The van der Waals surface area contributed by atoms with E-state index in [9.17, 15) is 51.1 Å². The van der Waals surface area contributed by atoms with Crippen molar-refractivity contribution in [2.75, 3.05) is 158 Å². The van der Waals surface area contributed by atoms with Crippen LogP contribution in [-0.4, -0.2) is 286 Å². The van der Waals surface area contributed by atoms with Crippen LogP contribution in [0.3, 0.4) is 0 Å². The average Bonchev–Trinajstić information content (AvgIpc) is 3.20. The van der Waals surface area contributed by atoms with Gasteiger partial charge in [0.05, 0.1) is 144 Å². The van der Waals surface area contributed by atoms with Crippen LogP contribution in [0.1, 0.15) is 0 Å². The average molecular weight is 845 g/mol. The number of ether oxygens (including phenoxy) is 9. The zero-order chi connectivity index (χ0) is 42.7. The summed E-state index contributed by atoms with van der Waals surface area (Å²) in [5, 5.41) is 118. The maximum absolute atomic E-state index is 10.4. The molecule has 10 atom stereocenters. The molecule has 0 amide bonds. The molecule has 344 valence electrons. The standard InChI is InChI=1S/C34H72N2O21/c35-1-3-49-9-13-54-21-25(39)22-56-15-11-53-12-16-57-24-26(40)23-55-14-10-52-8-7-51-6-5-50-4-2-36(17-27(41)31(45)33(47)29(43)19-37)18-28(42)32(46)34(48)30(44)20-38/h25-34,37-48H,1-24,35H2/t25?,26?,27-,28-,29+,30+,31+,32+,33+,34+/m0/s1. The summed E-state index contributed by atoms with van der Waals surface area (Å²) in [6, 6.07) is 0. The molecule has 0 spiro atoms. The van der Waals surface area contributed by atoms with Crippen LogP contribution in [0.5, 0.6) is 0 Å². The van der Waals surface area contributed by atoms with Crippen molar-refractivity contribution < 1.29 is 104 Å². The molecule has 0 aliphatic heterocycles. The van der Waals surface area contributed by atoms with E-state index < -0.39 is 87.3 Å². The van der Waals surface area contributed by atoms with Gasteiger partial charge in [-0.15, -0.1) is 0 Å². The summed E-state index contributed by atoms with van der Waals surface area (Å²) in [4.78, 5) is 1.33. The van der Waals surface area contributed by atoms with Gasteiger partial charge in [0, 0.05) is 26.2 Å². The third-order valence-corrected chi connectivity index (χ3v) is 7.83. The predicted molar refractivity (Wildman–Crippen MR) is 197 cm³/mol. The van der Waals surface area contributed by atoms with Gasteiger partial charge in [-0.25, -0.2) is 0 Å². The largest absolute Gasteiger partial charge is 0.394 e. The second-order valence-electron chi connectivity index (χ2n) is 12.8. The van der Waals surface area contributed by atoms with Gasteiger partial charge >= 0.3 is 0 Å². The molecule has 0 aromatic rings. The fourth-order valence-electron chi connectivity index (χ4n) is 4.60. The number of hydrogen-bond donors (Lipinski definition) is 13. The number of nitrogens with zero attached hydrogens (tertiary/aromatic N) is 1. The van der Waals surface area contributed by atoms with Gasteiger partial charge in [0.1, 0.15) is 48.8 Å². The molecule has 0 saturated carbocycles. The molecule has 57 heavy (non-hydrogen) atoms. The van der Waals surface area contributed by atoms with Crippen LogP contribution in [0.4, 0.5) is 0 Å². The van der Waals surface area contributed by atoms with Crippen LogP contribution in [0, 0.1) is 0 Å². The predicted octanol–water partition coefficient (Wildman–Crippen LogP) is -8.01. The van der Waals surface area contributed by atoms with Crippen LogP contribution in [0.2, 0.25) is 0 Å². The molecular formula is C34H72N2O21. The Labute approximate surface area is 333 Å². The third-order valence-electron chi connectivity index (χ3n) is 7.83. The van der Waals surface area contributed by atoms with Gasteiger partial charge in [0.25, 0.3) is 0 Å². The van der Waals surface area contributed by atoms with Crippen molar-refractivity contribution >= 4 is 0 Å². The lowest BCUT2D eigenvalue weighted by molar-refractivity contribution is -0.131. The van der Waals surface area contributed by atoms with Crippen LogP contribution in [-0.2, 0) is 42.6 Å². The second-order valence-corrected chi connectivity index (χ2v) is 12.8. The molecule has 0 rings (SSSR count). The third kappa shape index (κ3) is 30.7. The number of nitrogens with two attached hydrogens (primary N) is 1. The number of aliphatic hydroxyl groups is 12. The van der Waals surface area contributed by atoms with E-state index >= 15 is 0 Å². The summed E-state index contributed by atoms with van der Waals surface area (Å²) < 4.78 is 48.2. The Morgan fingerprint density at radius 2 is 0.614 bits per heavy atom. The Balaban J connectivity index is 3.98. The Morgan fingerprint density at radius 1 is 0.351 bits per heavy atom. The zero-order valence-corrected chi connectivity index (χ0v) is 32.8. The minimum absolute atomic E-state index is 0.0121. The lowest BCUT2D eigenvalue weighted by Gasteiger charge is -2.33. The van der Waals surface area contributed by atoms with Crippen molar-refractivity contribution in [3.8, 4) is 0 Å². The Morgan fingerprint density at radius 3 is 0.912 bits per heavy atom. The van der Waals surface area contributed by atoms with Crippen molar-refractivity contribution in [1.82, 2.24) is 4.90 Å². The Hall–Kier alpha value is -0.920. The van der Waals surface area contributed by atoms with Crippen molar-refractivity contribution in [2.45, 2.75) is 61.0 Å². The smallest absolute Gasteiger partial charge is 0.111 e. The summed E-state index contributed by atoms with van der Waals surface area (Å²) in [6.07, 6.45) is -15.9. The van der Waals surface area contributed by atoms with E-state index in [-0.39, 0.29) is 85.8 Å². The first-order valence-electron chi connectivity index (χ1n) is 19.0. The lowest BCUT2D eigenvalue weighted by Crippen LogP contribution is -2.53. The van der Waals surface area contributed by atoms with Crippen LogP contribution < -0.4 is 5.73 Å². The Bertz CT molecular complexity index is 833. The number of rotatable bonds is 43. The zero-order valence-electron chi connectivity index (χ0n) is 32.8. The van der Waals surface area contributed by atoms with Crippen molar-refractivity contribution in [2.24, 2.45) is 5.73 Å². The van der Waals surface area contributed by atoms with Gasteiger partial charge in [0.2, 0.25) is 0 Å². The molecule has 0 saturated heterocycles. The van der Waals surface area contributed by atoms with E-state index in [1.165, 1.54) is 4.90 Å². The van der Waals surface area contributed by atoms with Gasteiger partial charge in [-0.3, -0.25) is 4.90 Å². The fourth-order valence-corrected chi connectivity index (χ4v) is 4.60. The van der Waals surface area contributed by atoms with Gasteiger partial charge < -0.3 is 110 Å². The lowest BCUT2D eigenvalue weighted by atomic mass is 10.0. The molecule has 0 heterocycles. The molecule has 0 aliphatic carbocycles. The Kier molecular flexibility index (Phi) is 37.4. The summed E-state index contributed by atoms with van der Waals surface area (Å²) >= 11 is 0. The first-order valence-corrected chi connectivity index (χ1v) is 19.0. The van der Waals surface area contributed by atoms with Gasteiger partial charge in [-0.1, -0.05) is 0 Å². The summed E-state index contributed by atoms with van der Waals surface area (Å²) in [6.45, 7) is 2.09. The first kappa shape index (κ1) is 56.1. The van der Waals surface area contributed by atoms with Crippen molar-refractivity contribution in [1.29, 1.82) is 0 Å². The van der Waals surface area contributed by atoms with E-state index in [0.717, 1.165) is 0 Å². The molecule has 0 radical (unpaired) electrons. The van der Waals surface area contributed by atoms with Crippen molar-refractivity contribution in [3.05, 3.63) is 0 Å². The minimum atomic E-state index is -1.89. The van der Waals surface area contributed by atoms with E-state index in [0.29, 0.717) is 46.2 Å². The molecular weight excluding hydrogens is 772 g/mol. The highest BCUT2D eigenvalue weighted by atomic mass is 16.6. The highest BCUT2D eigenvalue weighted by Gasteiger charge is 2.34.